The molecule has 0 aromatic carbocycles. The summed E-state index contributed by atoms with van der Waals surface area (Å²) >= 11 is 0. The van der Waals surface area contributed by atoms with Gasteiger partial charge in [-0.1, -0.05) is 34.6 Å². The molecule has 2 fully saturated rings. The lowest BCUT2D eigenvalue weighted by atomic mass is 9.70. The lowest BCUT2D eigenvalue weighted by molar-refractivity contribution is -0.123. The molecule has 2 rings (SSSR count). The molecular weight excluding hydrogens is 212 g/mol. The number of carbonyl (C=O) groups is 1. The van der Waals surface area contributed by atoms with E-state index in [1.807, 2.05) is 13.8 Å². The zero-order chi connectivity index (χ0) is 12.8. The van der Waals surface area contributed by atoms with Crippen LogP contribution in [0, 0.1) is 22.7 Å². The third kappa shape index (κ3) is 1.71. The molecule has 96 valence electrons. The van der Waals surface area contributed by atoms with E-state index in [1.54, 1.807) is 0 Å². The molecule has 2 atom stereocenters. The van der Waals surface area contributed by atoms with Crippen molar-refractivity contribution in [3.05, 3.63) is 0 Å². The third-order valence-corrected chi connectivity index (χ3v) is 5.34. The number of nitrogens with one attached hydrogen (secondary N) is 1. The van der Waals surface area contributed by atoms with Crippen LogP contribution in [0.25, 0.3) is 0 Å². The van der Waals surface area contributed by atoms with Gasteiger partial charge in [0.25, 0.3) is 0 Å². The Morgan fingerprint density at radius 3 is 2.47 bits per heavy atom. The first-order valence-electron chi connectivity index (χ1n) is 6.66. The van der Waals surface area contributed by atoms with Crippen molar-refractivity contribution >= 4 is 11.6 Å². The van der Waals surface area contributed by atoms with E-state index in [2.05, 4.69) is 31.3 Å². The van der Waals surface area contributed by atoms with Gasteiger partial charge in [-0.05, 0) is 30.6 Å². The van der Waals surface area contributed by atoms with E-state index in [0.717, 1.165) is 12.3 Å². The molecular formula is C14H24N2O. The van der Waals surface area contributed by atoms with Crippen LogP contribution >= 0.6 is 0 Å². The number of hydrogen-bond donors (Lipinski definition) is 1. The van der Waals surface area contributed by atoms with Crippen molar-refractivity contribution in [3.8, 4) is 0 Å². The van der Waals surface area contributed by atoms with Crippen LogP contribution in [0.5, 0.6) is 0 Å². The van der Waals surface area contributed by atoms with Crippen molar-refractivity contribution in [1.29, 1.82) is 0 Å². The number of amides is 1. The highest BCUT2D eigenvalue weighted by molar-refractivity contribution is 5.95. The Balaban J connectivity index is 2.15. The van der Waals surface area contributed by atoms with Gasteiger partial charge in [0.05, 0.1) is 0 Å². The maximum absolute atomic E-state index is 11.6. The maximum Gasteiger partial charge on any atom is 0.242 e. The average Bonchev–Trinajstić information content (AvgIpc) is 2.57. The topological polar surface area (TPSA) is 41.5 Å². The summed E-state index contributed by atoms with van der Waals surface area (Å²) in [6.07, 6.45) is 3.57. The first kappa shape index (κ1) is 12.6. The predicted molar refractivity (Wildman–Crippen MR) is 69.6 cm³/mol. The van der Waals surface area contributed by atoms with E-state index in [1.165, 1.54) is 18.6 Å². The molecule has 0 radical (unpaired) electrons. The van der Waals surface area contributed by atoms with Crippen molar-refractivity contribution in [1.82, 2.24) is 5.43 Å². The monoisotopic (exact) mass is 236 g/mol. The van der Waals surface area contributed by atoms with Crippen LogP contribution in [0.15, 0.2) is 5.10 Å². The molecule has 2 aliphatic rings. The van der Waals surface area contributed by atoms with Crippen molar-refractivity contribution in [2.75, 3.05) is 0 Å². The Labute approximate surface area is 104 Å². The molecule has 0 aromatic rings. The minimum Gasteiger partial charge on any atom is -0.273 e. The quantitative estimate of drug-likeness (QED) is 0.736. The summed E-state index contributed by atoms with van der Waals surface area (Å²) in [7, 11) is 0. The number of hydrazone groups is 1. The summed E-state index contributed by atoms with van der Waals surface area (Å²) in [6.45, 7) is 10.8. The summed E-state index contributed by atoms with van der Waals surface area (Å²) in [5.74, 6) is 0.752. The highest BCUT2D eigenvalue weighted by Crippen LogP contribution is 2.63. The van der Waals surface area contributed by atoms with Crippen molar-refractivity contribution in [2.45, 2.75) is 53.9 Å². The second-order valence-electron chi connectivity index (χ2n) is 6.68. The molecule has 2 aliphatic carbocycles. The normalized spacial score (nSPS) is 36.8. The predicted octanol–water partition coefficient (Wildman–Crippen LogP) is 2.96. The fourth-order valence-corrected chi connectivity index (χ4v) is 3.35. The first-order chi connectivity index (χ1) is 7.79. The van der Waals surface area contributed by atoms with Crippen molar-refractivity contribution < 1.29 is 4.79 Å². The molecule has 3 nitrogen and oxygen atoms in total. The van der Waals surface area contributed by atoms with E-state index >= 15 is 0 Å². The van der Waals surface area contributed by atoms with Gasteiger partial charge in [0, 0.05) is 17.0 Å². The standard InChI is InChI=1S/C14H24N2O/c1-9(2)12(17)16-15-11-8-10-6-7-14(11,5)13(10,3)4/h9-10H,6-8H2,1-5H3,(H,16,17)/b15-11+/t10-,14-/m0/s1. The molecule has 0 aliphatic heterocycles. The fraction of sp³-hybridized carbons (Fsp3) is 0.857. The van der Waals surface area contributed by atoms with Gasteiger partial charge in [0.1, 0.15) is 0 Å². The highest BCUT2D eigenvalue weighted by Gasteiger charge is 2.59. The second-order valence-corrected chi connectivity index (χ2v) is 6.68. The van der Waals surface area contributed by atoms with Crippen LogP contribution in [0.4, 0.5) is 0 Å². The van der Waals surface area contributed by atoms with Gasteiger partial charge >= 0.3 is 0 Å². The minimum atomic E-state index is -0.00115. The van der Waals surface area contributed by atoms with E-state index < -0.39 is 0 Å². The number of carbonyl (C=O) groups excluding carboxylic acids is 1. The SMILES string of the molecule is CC(C)C(=O)N/N=C1\C[C@@H]2CC[C@]1(C)C2(C)C. The van der Waals surface area contributed by atoms with Crippen LogP contribution < -0.4 is 5.43 Å². The highest BCUT2D eigenvalue weighted by atomic mass is 16.2. The van der Waals surface area contributed by atoms with Gasteiger partial charge in [-0.15, -0.1) is 0 Å². The van der Waals surface area contributed by atoms with Crippen LogP contribution in [-0.4, -0.2) is 11.6 Å². The first-order valence-corrected chi connectivity index (χ1v) is 6.66. The summed E-state index contributed by atoms with van der Waals surface area (Å²) in [5, 5.41) is 4.41. The molecule has 0 unspecified atom stereocenters. The maximum atomic E-state index is 11.6. The molecule has 0 saturated heterocycles. The van der Waals surface area contributed by atoms with E-state index in [-0.39, 0.29) is 17.2 Å². The van der Waals surface area contributed by atoms with Crippen molar-refractivity contribution in [3.63, 3.8) is 0 Å². The van der Waals surface area contributed by atoms with Crippen molar-refractivity contribution in [2.24, 2.45) is 27.8 Å². The van der Waals surface area contributed by atoms with Gasteiger partial charge in [0.15, 0.2) is 0 Å². The van der Waals surface area contributed by atoms with E-state index in [4.69, 9.17) is 0 Å². The van der Waals surface area contributed by atoms with Crippen LogP contribution in [0.3, 0.4) is 0 Å². The number of fused-ring (bicyclic) bond motifs is 2. The molecule has 0 aromatic heterocycles. The van der Waals surface area contributed by atoms with Gasteiger partial charge in [-0.25, -0.2) is 5.43 Å². The number of rotatable bonds is 2. The molecule has 1 amide bonds. The number of nitrogens with zero attached hydrogens (tertiary/aromatic N) is 1. The lowest BCUT2D eigenvalue weighted by Gasteiger charge is -2.34. The third-order valence-electron chi connectivity index (χ3n) is 5.34. The Morgan fingerprint density at radius 1 is 1.41 bits per heavy atom. The Morgan fingerprint density at radius 2 is 2.06 bits per heavy atom. The molecule has 2 saturated carbocycles. The molecule has 3 heteroatoms. The van der Waals surface area contributed by atoms with Gasteiger partial charge < -0.3 is 0 Å². The zero-order valence-corrected chi connectivity index (χ0v) is 11.6. The summed E-state index contributed by atoms with van der Waals surface area (Å²) in [6, 6.07) is 0. The van der Waals surface area contributed by atoms with Crippen LogP contribution in [0.1, 0.15) is 53.9 Å². The Hall–Kier alpha value is -0.860. The molecule has 17 heavy (non-hydrogen) atoms. The number of hydrogen-bond acceptors (Lipinski definition) is 2. The van der Waals surface area contributed by atoms with Crippen LogP contribution in [0.2, 0.25) is 0 Å². The molecule has 1 N–H and O–H groups in total. The lowest BCUT2D eigenvalue weighted by Crippen LogP contribution is -2.34. The zero-order valence-electron chi connectivity index (χ0n) is 11.6. The Kier molecular flexibility index (Phi) is 2.83. The largest absolute Gasteiger partial charge is 0.273 e. The fourth-order valence-electron chi connectivity index (χ4n) is 3.35. The van der Waals surface area contributed by atoms with E-state index in [0.29, 0.717) is 5.41 Å². The summed E-state index contributed by atoms with van der Waals surface area (Å²) < 4.78 is 0. The van der Waals surface area contributed by atoms with Gasteiger partial charge in [0.2, 0.25) is 5.91 Å². The summed E-state index contributed by atoms with van der Waals surface area (Å²) in [4.78, 5) is 11.6. The summed E-state index contributed by atoms with van der Waals surface area (Å²) in [5.41, 5.74) is 4.43. The van der Waals surface area contributed by atoms with E-state index in [9.17, 15) is 4.79 Å². The minimum absolute atomic E-state index is 0.00115. The Bertz CT molecular complexity index is 370. The molecule has 0 spiro atoms. The molecule has 2 bridgehead atoms. The second kappa shape index (κ2) is 3.82. The molecule has 0 heterocycles. The average molecular weight is 236 g/mol. The van der Waals surface area contributed by atoms with Gasteiger partial charge in [-0.3, -0.25) is 4.79 Å². The smallest absolute Gasteiger partial charge is 0.242 e. The van der Waals surface area contributed by atoms with Gasteiger partial charge in [-0.2, -0.15) is 5.10 Å². The van der Waals surface area contributed by atoms with Crippen LogP contribution in [-0.2, 0) is 4.79 Å².